The second-order valence-electron chi connectivity index (χ2n) is 7.52. The molecular weight excluding hydrogens is 498 g/mol. The summed E-state index contributed by atoms with van der Waals surface area (Å²) in [4.78, 5) is 49.0. The van der Waals surface area contributed by atoms with Crippen LogP contribution in [0.25, 0.3) is 0 Å². The largest absolute Gasteiger partial charge is 0.494 e. The van der Waals surface area contributed by atoms with Gasteiger partial charge in [0.05, 0.1) is 29.7 Å². The first-order chi connectivity index (χ1) is 15.6. The maximum absolute atomic E-state index is 12.5. The fourth-order valence-corrected chi connectivity index (χ4v) is 3.89. The highest BCUT2D eigenvalue weighted by atomic mass is 79.9. The van der Waals surface area contributed by atoms with Crippen LogP contribution < -0.4 is 15.0 Å². The van der Waals surface area contributed by atoms with E-state index >= 15 is 0 Å². The van der Waals surface area contributed by atoms with Crippen LogP contribution in [0, 0.1) is 29.9 Å². The van der Waals surface area contributed by atoms with Gasteiger partial charge in [-0.1, -0.05) is 15.9 Å². The van der Waals surface area contributed by atoms with Crippen LogP contribution in [-0.4, -0.2) is 43.0 Å². The third-order valence-electron chi connectivity index (χ3n) is 5.46. The van der Waals surface area contributed by atoms with Crippen LogP contribution >= 0.6 is 15.9 Å². The molecule has 2 amide bonds. The summed E-state index contributed by atoms with van der Waals surface area (Å²) in [5, 5.41) is 13.7. The first-order valence-electron chi connectivity index (χ1n) is 9.97. The number of nitrogens with one attached hydrogen (secondary N) is 1. The van der Waals surface area contributed by atoms with Gasteiger partial charge in [-0.25, -0.2) is 0 Å². The molecule has 0 aliphatic carbocycles. The minimum absolute atomic E-state index is 0.0124. The fraction of sp³-hybridized carbons (Fsp3) is 0.318. The number of methoxy groups -OCH3 is 1. The highest BCUT2D eigenvalue weighted by Gasteiger charge is 2.37. The Bertz CT molecular complexity index is 1140. The maximum Gasteiger partial charge on any atom is 0.311 e. The van der Waals surface area contributed by atoms with Crippen molar-refractivity contribution in [2.45, 2.75) is 20.3 Å². The van der Waals surface area contributed by atoms with Crippen LogP contribution in [0.1, 0.15) is 17.5 Å². The SMILES string of the molecule is COc1cc([N+](=O)[O-])ccc1N1C[C@@H](C(=O)OCC(=O)Nc2ccc(Br)c(C)c2C)CC1=O. The van der Waals surface area contributed by atoms with Crippen molar-refractivity contribution in [2.24, 2.45) is 5.92 Å². The topological polar surface area (TPSA) is 128 Å². The smallest absolute Gasteiger partial charge is 0.311 e. The van der Waals surface area contributed by atoms with Crippen molar-refractivity contribution in [3.05, 3.63) is 56.0 Å². The number of amides is 2. The Kier molecular flexibility index (Phi) is 7.32. The second kappa shape index (κ2) is 9.99. The van der Waals surface area contributed by atoms with Crippen LogP contribution in [0.15, 0.2) is 34.8 Å². The molecule has 1 atom stereocenters. The quantitative estimate of drug-likeness (QED) is 0.336. The summed E-state index contributed by atoms with van der Waals surface area (Å²) in [6, 6.07) is 7.43. The molecule has 0 unspecified atom stereocenters. The van der Waals surface area contributed by atoms with E-state index < -0.39 is 29.3 Å². The summed E-state index contributed by atoms with van der Waals surface area (Å²) in [5.41, 5.74) is 2.63. The monoisotopic (exact) mass is 519 g/mol. The number of nitro benzene ring substituents is 1. The van der Waals surface area contributed by atoms with Gasteiger partial charge < -0.3 is 19.7 Å². The van der Waals surface area contributed by atoms with E-state index in [1.165, 1.54) is 30.2 Å². The van der Waals surface area contributed by atoms with Crippen molar-refractivity contribution in [3.8, 4) is 5.75 Å². The molecule has 0 radical (unpaired) electrons. The number of nitrogens with zero attached hydrogens (tertiary/aromatic N) is 2. The zero-order valence-corrected chi connectivity index (χ0v) is 19.8. The lowest BCUT2D eigenvalue weighted by atomic mass is 10.1. The summed E-state index contributed by atoms with van der Waals surface area (Å²) in [6.07, 6.45) is -0.106. The molecule has 1 heterocycles. The lowest BCUT2D eigenvalue weighted by Crippen LogP contribution is -2.28. The van der Waals surface area contributed by atoms with Gasteiger partial charge in [0.25, 0.3) is 11.6 Å². The van der Waals surface area contributed by atoms with E-state index in [0.29, 0.717) is 11.4 Å². The van der Waals surface area contributed by atoms with Gasteiger partial charge in [0.2, 0.25) is 5.91 Å². The highest BCUT2D eigenvalue weighted by Crippen LogP contribution is 2.36. The van der Waals surface area contributed by atoms with E-state index in [2.05, 4.69) is 21.2 Å². The Labute approximate surface area is 198 Å². The molecule has 1 N–H and O–H groups in total. The van der Waals surface area contributed by atoms with Gasteiger partial charge in [0, 0.05) is 29.2 Å². The molecule has 1 aliphatic heterocycles. The first kappa shape index (κ1) is 24.2. The number of halogens is 1. The Balaban J connectivity index is 1.61. The molecule has 0 bridgehead atoms. The summed E-state index contributed by atoms with van der Waals surface area (Å²) in [7, 11) is 1.34. The van der Waals surface area contributed by atoms with Crippen molar-refractivity contribution in [2.75, 3.05) is 30.5 Å². The predicted octanol–water partition coefficient (Wildman–Crippen LogP) is 3.52. The zero-order chi connectivity index (χ0) is 24.3. The summed E-state index contributed by atoms with van der Waals surface area (Å²) in [6.45, 7) is 3.31. The lowest BCUT2D eigenvalue weighted by Gasteiger charge is -2.19. The lowest BCUT2D eigenvalue weighted by molar-refractivity contribution is -0.384. The number of carbonyl (C=O) groups excluding carboxylic acids is 3. The van der Waals surface area contributed by atoms with Crippen molar-refractivity contribution < 1.29 is 28.8 Å². The van der Waals surface area contributed by atoms with Crippen LogP contribution in [0.2, 0.25) is 0 Å². The van der Waals surface area contributed by atoms with E-state index in [1.807, 2.05) is 19.9 Å². The molecule has 33 heavy (non-hydrogen) atoms. The number of ether oxygens (including phenoxy) is 2. The number of rotatable bonds is 7. The van der Waals surface area contributed by atoms with Gasteiger partial charge in [0.1, 0.15) is 5.75 Å². The number of esters is 1. The van der Waals surface area contributed by atoms with Crippen LogP contribution in [0.3, 0.4) is 0 Å². The number of anilines is 2. The van der Waals surface area contributed by atoms with Gasteiger partial charge in [-0.05, 0) is 43.2 Å². The van der Waals surface area contributed by atoms with E-state index in [4.69, 9.17) is 9.47 Å². The average molecular weight is 520 g/mol. The Hall–Kier alpha value is -3.47. The second-order valence-corrected chi connectivity index (χ2v) is 8.37. The number of carbonyl (C=O) groups is 3. The van der Waals surface area contributed by atoms with Crippen molar-refractivity contribution in [3.63, 3.8) is 0 Å². The van der Waals surface area contributed by atoms with Gasteiger partial charge in [-0.2, -0.15) is 0 Å². The van der Waals surface area contributed by atoms with E-state index in [0.717, 1.165) is 15.6 Å². The molecule has 0 aromatic heterocycles. The minimum Gasteiger partial charge on any atom is -0.494 e. The molecule has 10 nitrogen and oxygen atoms in total. The number of nitro groups is 1. The van der Waals surface area contributed by atoms with Crippen molar-refractivity contribution >= 4 is 50.8 Å². The molecule has 3 rings (SSSR count). The minimum atomic E-state index is -0.776. The average Bonchev–Trinajstić information content (AvgIpc) is 3.18. The van der Waals surface area contributed by atoms with Crippen LogP contribution in [0.5, 0.6) is 5.75 Å². The van der Waals surface area contributed by atoms with E-state index in [9.17, 15) is 24.5 Å². The Morgan fingerprint density at radius 3 is 2.64 bits per heavy atom. The van der Waals surface area contributed by atoms with E-state index in [1.54, 1.807) is 6.07 Å². The van der Waals surface area contributed by atoms with E-state index in [-0.39, 0.29) is 30.3 Å². The molecule has 1 fully saturated rings. The third-order valence-corrected chi connectivity index (χ3v) is 6.32. The molecule has 0 spiro atoms. The summed E-state index contributed by atoms with van der Waals surface area (Å²) < 4.78 is 11.2. The van der Waals surface area contributed by atoms with Gasteiger partial charge in [-0.3, -0.25) is 24.5 Å². The molecule has 2 aromatic carbocycles. The van der Waals surface area contributed by atoms with Crippen molar-refractivity contribution in [1.29, 1.82) is 0 Å². The molecule has 174 valence electrons. The Morgan fingerprint density at radius 2 is 1.97 bits per heavy atom. The Morgan fingerprint density at radius 1 is 1.24 bits per heavy atom. The number of benzene rings is 2. The molecule has 1 aliphatic rings. The number of hydrogen-bond acceptors (Lipinski definition) is 7. The zero-order valence-electron chi connectivity index (χ0n) is 18.2. The normalized spacial score (nSPS) is 15.3. The van der Waals surface area contributed by atoms with Gasteiger partial charge >= 0.3 is 5.97 Å². The predicted molar refractivity (Wildman–Crippen MR) is 123 cm³/mol. The molecular formula is C22H22BrN3O7. The molecule has 1 saturated heterocycles. The van der Waals surface area contributed by atoms with Gasteiger partial charge in [-0.15, -0.1) is 0 Å². The molecule has 0 saturated carbocycles. The molecule has 2 aromatic rings. The standard InChI is InChI=1S/C22H22BrN3O7/c1-12-13(2)17(6-5-16(12)23)24-20(27)11-33-22(29)14-8-21(28)25(10-14)18-7-4-15(26(30)31)9-19(18)32-3/h4-7,9,14H,8,10-11H2,1-3H3,(H,24,27)/t14-/m0/s1. The van der Waals surface area contributed by atoms with Crippen LogP contribution in [-0.2, 0) is 19.1 Å². The number of non-ortho nitro benzene ring substituents is 1. The highest BCUT2D eigenvalue weighted by molar-refractivity contribution is 9.10. The van der Waals surface area contributed by atoms with Crippen molar-refractivity contribution in [1.82, 2.24) is 0 Å². The number of hydrogen-bond donors (Lipinski definition) is 1. The fourth-order valence-electron chi connectivity index (χ4n) is 3.47. The summed E-state index contributed by atoms with van der Waals surface area (Å²) >= 11 is 3.43. The maximum atomic E-state index is 12.5. The third kappa shape index (κ3) is 5.30. The molecule has 11 heteroatoms. The van der Waals surface area contributed by atoms with Gasteiger partial charge in [0.15, 0.2) is 6.61 Å². The first-order valence-corrected chi connectivity index (χ1v) is 10.8. The van der Waals surface area contributed by atoms with Crippen LogP contribution in [0.4, 0.5) is 17.1 Å². The summed E-state index contributed by atoms with van der Waals surface area (Å²) in [5.74, 6) is -2.15.